The van der Waals surface area contributed by atoms with Crippen molar-refractivity contribution >= 4 is 39.1 Å². The van der Waals surface area contributed by atoms with Crippen molar-refractivity contribution in [1.82, 2.24) is 0 Å². The van der Waals surface area contributed by atoms with Gasteiger partial charge in [-0.05, 0) is 19.8 Å². The molecule has 0 atom stereocenters. The van der Waals surface area contributed by atoms with Crippen molar-refractivity contribution in [2.24, 2.45) is 0 Å². The van der Waals surface area contributed by atoms with Gasteiger partial charge in [0.1, 0.15) is 0 Å². The zero-order valence-electron chi connectivity index (χ0n) is 7.23. The average molecular weight is 235 g/mol. The first kappa shape index (κ1) is 16.3. The Kier molecular flexibility index (Phi) is 8.41. The number of carboxylic acid groups (broad SMARTS) is 1. The summed E-state index contributed by atoms with van der Waals surface area (Å²) in [7, 11) is -3.92. The molecule has 0 unspecified atom stereocenters. The normalized spacial score (nSPS) is 12.0. The van der Waals surface area contributed by atoms with Gasteiger partial charge in [0, 0.05) is 5.57 Å². The molecule has 0 amide bonds. The fraction of sp³-hybridized carbons (Fsp3) is 0.571. The third-order valence-electron chi connectivity index (χ3n) is 1.39. The van der Waals surface area contributed by atoms with Crippen LogP contribution in [0.3, 0.4) is 0 Å². The number of allylic oxidation sites excluding steroid dienone is 1. The van der Waals surface area contributed by atoms with E-state index in [0.717, 1.165) is 0 Å². The largest absolute Gasteiger partial charge is 0.478 e. The van der Waals surface area contributed by atoms with E-state index in [2.05, 4.69) is 0 Å². The SMILES string of the molecule is CC(=CCCCS(=O)(=O)O)C(=O)O.[MgH2]. The summed E-state index contributed by atoms with van der Waals surface area (Å²) in [5, 5.41) is 8.41. The topological polar surface area (TPSA) is 91.7 Å². The van der Waals surface area contributed by atoms with Gasteiger partial charge in [-0.1, -0.05) is 6.08 Å². The number of rotatable bonds is 5. The minimum atomic E-state index is -3.92. The monoisotopic (exact) mass is 234 g/mol. The summed E-state index contributed by atoms with van der Waals surface area (Å²) >= 11 is 0. The first-order valence-corrected chi connectivity index (χ1v) is 5.29. The van der Waals surface area contributed by atoms with E-state index in [1.54, 1.807) is 0 Å². The van der Waals surface area contributed by atoms with E-state index in [-0.39, 0.29) is 40.8 Å². The van der Waals surface area contributed by atoms with Crippen LogP contribution in [0, 0.1) is 0 Å². The fourth-order valence-electron chi connectivity index (χ4n) is 0.672. The highest BCUT2D eigenvalue weighted by Crippen LogP contribution is 2.00. The molecule has 0 aliphatic rings. The number of carboxylic acids is 1. The molecular weight excluding hydrogens is 220 g/mol. The molecule has 0 saturated heterocycles. The van der Waals surface area contributed by atoms with E-state index >= 15 is 0 Å². The molecule has 0 rings (SSSR count). The van der Waals surface area contributed by atoms with Crippen molar-refractivity contribution in [3.05, 3.63) is 11.6 Å². The third kappa shape index (κ3) is 9.97. The summed E-state index contributed by atoms with van der Waals surface area (Å²) < 4.78 is 28.8. The Balaban J connectivity index is 0. The van der Waals surface area contributed by atoms with E-state index in [1.807, 2.05) is 0 Å². The van der Waals surface area contributed by atoms with Crippen LogP contribution in [0.15, 0.2) is 11.6 Å². The van der Waals surface area contributed by atoms with Crippen LogP contribution in [0.1, 0.15) is 19.8 Å². The summed E-state index contributed by atoms with van der Waals surface area (Å²) in [4.78, 5) is 10.3. The van der Waals surface area contributed by atoms with Crippen LogP contribution in [-0.4, -0.2) is 52.9 Å². The Morgan fingerprint density at radius 1 is 1.43 bits per heavy atom. The van der Waals surface area contributed by atoms with Crippen LogP contribution in [0.4, 0.5) is 0 Å². The minimum Gasteiger partial charge on any atom is -0.478 e. The first-order valence-electron chi connectivity index (χ1n) is 3.68. The first-order chi connectivity index (χ1) is 5.83. The molecule has 0 aromatic heterocycles. The number of hydrogen-bond donors (Lipinski definition) is 2. The molecule has 0 bridgehead atoms. The predicted molar refractivity (Wildman–Crippen MR) is 55.6 cm³/mol. The van der Waals surface area contributed by atoms with E-state index in [9.17, 15) is 13.2 Å². The van der Waals surface area contributed by atoms with Crippen molar-refractivity contribution in [2.45, 2.75) is 19.8 Å². The van der Waals surface area contributed by atoms with Crippen molar-refractivity contribution in [3.63, 3.8) is 0 Å². The van der Waals surface area contributed by atoms with Crippen LogP contribution in [0.25, 0.3) is 0 Å². The summed E-state index contributed by atoms with van der Waals surface area (Å²) in [6, 6.07) is 0. The van der Waals surface area contributed by atoms with Crippen LogP contribution < -0.4 is 0 Å². The van der Waals surface area contributed by atoms with Gasteiger partial charge in [-0.3, -0.25) is 4.55 Å². The molecular formula is C7H14MgO5S. The molecule has 0 aliphatic heterocycles. The molecule has 5 nitrogen and oxygen atoms in total. The van der Waals surface area contributed by atoms with Crippen LogP contribution in [-0.2, 0) is 14.9 Å². The second kappa shape index (κ2) is 7.21. The van der Waals surface area contributed by atoms with Crippen molar-refractivity contribution < 1.29 is 22.9 Å². The van der Waals surface area contributed by atoms with Gasteiger partial charge >= 0.3 is 29.0 Å². The predicted octanol–water partition coefficient (Wildman–Crippen LogP) is -0.231. The van der Waals surface area contributed by atoms with Crippen molar-refractivity contribution in [2.75, 3.05) is 5.75 Å². The van der Waals surface area contributed by atoms with Crippen molar-refractivity contribution in [1.29, 1.82) is 0 Å². The Morgan fingerprint density at radius 2 is 1.93 bits per heavy atom. The van der Waals surface area contributed by atoms with Crippen LogP contribution in [0.2, 0.25) is 0 Å². The van der Waals surface area contributed by atoms with Gasteiger partial charge in [-0.2, -0.15) is 8.42 Å². The Bertz CT molecular complexity index is 306. The fourth-order valence-corrected chi connectivity index (χ4v) is 1.20. The Labute approximate surface area is 99.1 Å². The quantitative estimate of drug-likeness (QED) is 0.297. The van der Waals surface area contributed by atoms with Gasteiger partial charge in [0.2, 0.25) is 0 Å². The van der Waals surface area contributed by atoms with E-state index < -0.39 is 16.1 Å². The molecule has 2 N–H and O–H groups in total. The molecule has 0 aliphatic carbocycles. The molecule has 0 heterocycles. The highest BCUT2D eigenvalue weighted by Gasteiger charge is 2.03. The molecule has 0 radical (unpaired) electrons. The minimum absolute atomic E-state index is 0. The van der Waals surface area contributed by atoms with Gasteiger partial charge in [0.15, 0.2) is 0 Å². The van der Waals surface area contributed by atoms with E-state index in [0.29, 0.717) is 6.42 Å². The lowest BCUT2D eigenvalue weighted by Crippen LogP contribution is -2.03. The smallest absolute Gasteiger partial charge is 0.330 e. The van der Waals surface area contributed by atoms with Crippen LogP contribution >= 0.6 is 0 Å². The van der Waals surface area contributed by atoms with Gasteiger partial charge in [0.05, 0.1) is 5.75 Å². The maximum Gasteiger partial charge on any atom is 0.330 e. The zero-order valence-corrected chi connectivity index (χ0v) is 8.04. The number of aliphatic carboxylic acids is 1. The summed E-state index contributed by atoms with van der Waals surface area (Å²) in [5.41, 5.74) is 0.176. The van der Waals surface area contributed by atoms with Gasteiger partial charge in [-0.15, -0.1) is 0 Å². The van der Waals surface area contributed by atoms with Crippen molar-refractivity contribution in [3.8, 4) is 0 Å². The second-order valence-corrected chi connectivity index (χ2v) is 4.19. The summed E-state index contributed by atoms with van der Waals surface area (Å²) in [6.07, 6.45) is 1.98. The average Bonchev–Trinajstić information content (AvgIpc) is 1.95. The molecule has 0 saturated carbocycles. The maximum absolute atomic E-state index is 10.3. The lowest BCUT2D eigenvalue weighted by atomic mass is 10.2. The lowest BCUT2D eigenvalue weighted by molar-refractivity contribution is -0.132. The standard InChI is InChI=1S/C7H12O5S.Mg.2H/c1-6(7(8)9)4-2-3-5-13(10,11)12;;;/h4H,2-3,5H2,1H3,(H,8,9)(H,10,11,12);;;. The molecule has 0 aromatic rings. The highest BCUT2D eigenvalue weighted by atomic mass is 32.2. The summed E-state index contributed by atoms with van der Waals surface area (Å²) in [6.45, 7) is 1.43. The molecule has 14 heavy (non-hydrogen) atoms. The number of hydrogen-bond acceptors (Lipinski definition) is 3. The Morgan fingerprint density at radius 3 is 2.29 bits per heavy atom. The zero-order chi connectivity index (χ0) is 10.5. The maximum atomic E-state index is 10.3. The summed E-state index contributed by atoms with van der Waals surface area (Å²) in [5.74, 6) is -1.36. The third-order valence-corrected chi connectivity index (χ3v) is 2.20. The molecule has 0 spiro atoms. The number of unbranched alkanes of at least 4 members (excludes halogenated alkanes) is 1. The molecule has 0 aromatic carbocycles. The lowest BCUT2D eigenvalue weighted by Gasteiger charge is -1.94. The molecule has 80 valence electrons. The van der Waals surface area contributed by atoms with E-state index in [1.165, 1.54) is 13.0 Å². The molecule has 0 fully saturated rings. The van der Waals surface area contributed by atoms with Gasteiger partial charge in [-0.25, -0.2) is 4.79 Å². The highest BCUT2D eigenvalue weighted by molar-refractivity contribution is 7.85. The Hall–Kier alpha value is -0.114. The van der Waals surface area contributed by atoms with Gasteiger partial charge in [0.25, 0.3) is 10.1 Å². The molecule has 7 heteroatoms. The van der Waals surface area contributed by atoms with Crippen LogP contribution in [0.5, 0.6) is 0 Å². The van der Waals surface area contributed by atoms with E-state index in [4.69, 9.17) is 9.66 Å². The second-order valence-electron chi connectivity index (χ2n) is 2.62. The number of carbonyl (C=O) groups is 1. The van der Waals surface area contributed by atoms with Gasteiger partial charge < -0.3 is 5.11 Å².